The molecule has 1 saturated heterocycles. The van der Waals surface area contributed by atoms with Crippen LogP contribution in [0.3, 0.4) is 0 Å². The highest BCUT2D eigenvalue weighted by Crippen LogP contribution is 2.40. The van der Waals surface area contributed by atoms with Gasteiger partial charge >= 0.3 is 6.11 Å². The van der Waals surface area contributed by atoms with Crippen LogP contribution in [0.25, 0.3) is 11.4 Å². The molecule has 0 bridgehead atoms. The highest BCUT2D eigenvalue weighted by Gasteiger charge is 2.42. The van der Waals surface area contributed by atoms with Gasteiger partial charge in [-0.15, -0.1) is 0 Å². The molecule has 1 aromatic heterocycles. The van der Waals surface area contributed by atoms with Gasteiger partial charge in [-0.25, -0.2) is 31.9 Å². The number of aromatic nitrogens is 2. The summed E-state index contributed by atoms with van der Waals surface area (Å²) in [5.41, 5.74) is -1.14. The summed E-state index contributed by atoms with van der Waals surface area (Å²) in [4.78, 5) is 8.42. The van der Waals surface area contributed by atoms with Crippen LogP contribution < -0.4 is 4.74 Å². The maximum atomic E-state index is 14.8. The number of hydrogen-bond acceptors (Lipinski definition) is 5. The summed E-state index contributed by atoms with van der Waals surface area (Å²) in [6.07, 6.45) is 6.50. The van der Waals surface area contributed by atoms with Gasteiger partial charge in [-0.05, 0) is 55.7 Å². The number of ether oxygens (including phenoxy) is 3. The Morgan fingerprint density at radius 1 is 0.818 bits per heavy atom. The molecule has 1 saturated carbocycles. The third kappa shape index (κ3) is 7.34. The van der Waals surface area contributed by atoms with E-state index in [1.165, 1.54) is 19.3 Å². The average Bonchev–Trinajstić information content (AvgIpc) is 3.00. The van der Waals surface area contributed by atoms with E-state index >= 15 is 0 Å². The van der Waals surface area contributed by atoms with E-state index in [2.05, 4.69) is 21.6 Å². The van der Waals surface area contributed by atoms with E-state index in [9.17, 15) is 30.7 Å². The lowest BCUT2D eigenvalue weighted by Crippen LogP contribution is -2.38. The Kier molecular flexibility index (Phi) is 10.1. The Labute approximate surface area is 250 Å². The molecule has 2 aromatic carbocycles. The number of hydrogen-bond donors (Lipinski definition) is 0. The molecule has 0 unspecified atom stereocenters. The summed E-state index contributed by atoms with van der Waals surface area (Å²) >= 11 is 0. The van der Waals surface area contributed by atoms with Crippen molar-refractivity contribution in [2.24, 2.45) is 11.8 Å². The lowest BCUT2D eigenvalue weighted by Gasteiger charge is -2.37. The Morgan fingerprint density at radius 3 is 1.98 bits per heavy atom. The van der Waals surface area contributed by atoms with Crippen molar-refractivity contribution >= 4 is 0 Å². The maximum Gasteiger partial charge on any atom is 0.432 e. The van der Waals surface area contributed by atoms with Crippen molar-refractivity contribution < 1.29 is 44.9 Å². The second-order valence-electron chi connectivity index (χ2n) is 11.5. The summed E-state index contributed by atoms with van der Waals surface area (Å²) in [5, 5.41) is 0. The summed E-state index contributed by atoms with van der Waals surface area (Å²) < 4.78 is 115. The molecule has 1 aliphatic heterocycles. The highest BCUT2D eigenvalue weighted by molar-refractivity contribution is 5.56. The molecule has 5 nitrogen and oxygen atoms in total. The largest absolute Gasteiger partial charge is 0.432 e. The van der Waals surface area contributed by atoms with Crippen molar-refractivity contribution in [1.29, 1.82) is 0 Å². The third-order valence-electron chi connectivity index (χ3n) is 8.30. The van der Waals surface area contributed by atoms with Gasteiger partial charge in [0.2, 0.25) is 0 Å². The van der Waals surface area contributed by atoms with Crippen LogP contribution in [0, 0.1) is 40.9 Å². The molecule has 0 spiro atoms. The van der Waals surface area contributed by atoms with Crippen LogP contribution in [0.1, 0.15) is 75.3 Å². The van der Waals surface area contributed by atoms with Gasteiger partial charge < -0.3 is 14.2 Å². The first-order valence-electron chi connectivity index (χ1n) is 14.8. The fraction of sp³-hybridized carbons (Fsp3) is 0.500. The number of alkyl halides is 2. The Balaban J connectivity index is 1.19. The quantitative estimate of drug-likeness (QED) is 0.128. The van der Waals surface area contributed by atoms with Gasteiger partial charge in [0.15, 0.2) is 29.6 Å². The van der Waals surface area contributed by atoms with Crippen LogP contribution in [0.2, 0.25) is 0 Å². The fourth-order valence-electron chi connectivity index (χ4n) is 5.87. The second-order valence-corrected chi connectivity index (χ2v) is 11.5. The number of unbranched alkanes of at least 4 members (excludes halogenated alkanes) is 2. The van der Waals surface area contributed by atoms with Crippen LogP contribution in [-0.2, 0) is 15.6 Å². The molecular weight excluding hydrogens is 593 g/mol. The molecule has 3 aromatic rings. The molecular formula is C32H33F7N2O3. The van der Waals surface area contributed by atoms with Crippen molar-refractivity contribution in [2.75, 3.05) is 13.2 Å². The lowest BCUT2D eigenvalue weighted by molar-refractivity contribution is -0.229. The zero-order chi connectivity index (χ0) is 31.4. The van der Waals surface area contributed by atoms with Crippen LogP contribution in [0.15, 0.2) is 36.7 Å². The van der Waals surface area contributed by atoms with E-state index in [4.69, 9.17) is 9.47 Å². The smallest absolute Gasteiger partial charge is 0.429 e. The van der Waals surface area contributed by atoms with Crippen molar-refractivity contribution in [3.63, 3.8) is 0 Å². The molecule has 0 N–H and O–H groups in total. The average molecular weight is 627 g/mol. The van der Waals surface area contributed by atoms with Crippen LogP contribution >= 0.6 is 0 Å². The minimum atomic E-state index is -4.68. The Bertz CT molecular complexity index is 1380. The van der Waals surface area contributed by atoms with E-state index in [-0.39, 0.29) is 35.7 Å². The third-order valence-corrected chi connectivity index (χ3v) is 8.30. The van der Waals surface area contributed by atoms with Gasteiger partial charge in [-0.3, -0.25) is 0 Å². The number of benzene rings is 2. The number of rotatable bonds is 10. The van der Waals surface area contributed by atoms with Crippen molar-refractivity contribution in [3.05, 3.63) is 76.9 Å². The van der Waals surface area contributed by atoms with Gasteiger partial charge in [-0.2, -0.15) is 8.78 Å². The summed E-state index contributed by atoms with van der Waals surface area (Å²) in [6, 6.07) is 1.50. The van der Waals surface area contributed by atoms with Gasteiger partial charge in [-0.1, -0.05) is 26.2 Å². The molecule has 44 heavy (non-hydrogen) atoms. The summed E-state index contributed by atoms with van der Waals surface area (Å²) in [6.45, 7) is 3.64. The predicted octanol–water partition coefficient (Wildman–Crippen LogP) is 8.81. The van der Waals surface area contributed by atoms with Crippen LogP contribution in [-0.4, -0.2) is 29.5 Å². The zero-order valence-electron chi connectivity index (χ0n) is 24.1. The number of halogens is 7. The molecule has 2 fully saturated rings. The van der Waals surface area contributed by atoms with Gasteiger partial charge in [0.05, 0.1) is 13.2 Å². The molecule has 5 rings (SSSR count). The van der Waals surface area contributed by atoms with Gasteiger partial charge in [0.25, 0.3) is 0 Å². The van der Waals surface area contributed by atoms with E-state index in [1.807, 2.05) is 0 Å². The first-order valence-corrected chi connectivity index (χ1v) is 14.8. The van der Waals surface area contributed by atoms with Gasteiger partial charge in [0, 0.05) is 41.9 Å². The highest BCUT2D eigenvalue weighted by atomic mass is 19.3. The van der Waals surface area contributed by atoms with Crippen molar-refractivity contribution in [1.82, 2.24) is 9.97 Å². The lowest BCUT2D eigenvalue weighted by atomic mass is 9.79. The molecule has 2 aliphatic rings. The maximum absolute atomic E-state index is 14.8. The summed E-state index contributed by atoms with van der Waals surface area (Å²) in [7, 11) is 0. The molecule has 0 atom stereocenters. The Morgan fingerprint density at radius 2 is 1.41 bits per heavy atom. The second kappa shape index (κ2) is 13.8. The zero-order valence-corrected chi connectivity index (χ0v) is 24.1. The van der Waals surface area contributed by atoms with E-state index in [0.717, 1.165) is 50.9 Å². The van der Waals surface area contributed by atoms with Crippen LogP contribution in [0.4, 0.5) is 30.7 Å². The van der Waals surface area contributed by atoms with Crippen molar-refractivity contribution in [2.45, 2.75) is 76.6 Å². The molecule has 12 heteroatoms. The van der Waals surface area contributed by atoms with Crippen molar-refractivity contribution in [3.8, 4) is 17.1 Å². The topological polar surface area (TPSA) is 53.5 Å². The molecule has 2 heterocycles. The molecule has 0 amide bonds. The SMILES string of the molecule is CCCCCC1COC(C2CCC(c3cnc(-c4cc(F)c(C(F)(F)Oc5cc(F)c(F)c(F)c5)c(F)c4)nc3)CC2)OC1. The standard InChI is InChI=1S/C32H33F7N2O3/c1-2-3-4-5-18-16-42-31(43-17-18)20-8-6-19(7-9-20)22-14-40-30(41-15-22)21-10-24(33)28(25(34)11-21)32(38,39)44-23-12-26(35)29(37)27(36)13-23/h10-15,18-20,31H,2-9,16-17H2,1H3. The van der Waals surface area contributed by atoms with Gasteiger partial charge in [0.1, 0.15) is 22.9 Å². The monoisotopic (exact) mass is 626 g/mol. The molecule has 1 aliphatic carbocycles. The minimum Gasteiger partial charge on any atom is -0.429 e. The number of nitrogens with zero attached hydrogens (tertiary/aromatic N) is 2. The predicted molar refractivity (Wildman–Crippen MR) is 146 cm³/mol. The first-order chi connectivity index (χ1) is 21.1. The first kappa shape index (κ1) is 32.2. The molecule has 238 valence electrons. The Hall–Kier alpha value is -3.25. The minimum absolute atomic E-state index is 0.0869. The van der Waals surface area contributed by atoms with Crippen LogP contribution in [0.5, 0.6) is 5.75 Å². The van der Waals surface area contributed by atoms with E-state index in [0.29, 0.717) is 24.0 Å². The fourth-order valence-corrected chi connectivity index (χ4v) is 5.87. The normalized spacial score (nSPS) is 22.6. The molecule has 0 radical (unpaired) electrons. The summed E-state index contributed by atoms with van der Waals surface area (Å²) in [5.74, 6) is -9.23. The van der Waals surface area contributed by atoms with E-state index < -0.39 is 46.5 Å². The van der Waals surface area contributed by atoms with E-state index in [1.54, 1.807) is 12.4 Å².